The minimum absolute atomic E-state index is 0.0879. The number of nitrogens with zero attached hydrogens (tertiary/aromatic N) is 2. The summed E-state index contributed by atoms with van der Waals surface area (Å²) in [6.07, 6.45) is 0.883. The summed E-state index contributed by atoms with van der Waals surface area (Å²) in [5, 5.41) is 12.7. The second kappa shape index (κ2) is 11.2. The zero-order chi connectivity index (χ0) is 24.8. The van der Waals surface area contributed by atoms with Crippen molar-refractivity contribution >= 4 is 34.3 Å². The average molecular weight is 475 g/mol. The fraction of sp³-hybridized carbons (Fsp3) is 0.370. The summed E-state index contributed by atoms with van der Waals surface area (Å²) in [6.45, 7) is 9.09. The number of aryl methyl sites for hydroxylation is 1. The lowest BCUT2D eigenvalue weighted by Crippen LogP contribution is -2.41. The van der Waals surface area contributed by atoms with Crippen molar-refractivity contribution in [2.75, 3.05) is 36.8 Å². The lowest BCUT2D eigenvalue weighted by atomic mass is 10.0. The van der Waals surface area contributed by atoms with E-state index < -0.39 is 0 Å². The lowest BCUT2D eigenvalue weighted by molar-refractivity contribution is 0.247. The maximum absolute atomic E-state index is 12.5. The van der Waals surface area contributed by atoms with Gasteiger partial charge in [0.25, 0.3) is 0 Å². The van der Waals surface area contributed by atoms with E-state index >= 15 is 0 Å². The summed E-state index contributed by atoms with van der Waals surface area (Å²) < 4.78 is 0. The standard InChI is InChI=1S/C27H34N6O2/c1-18(2)20-8-10-21(11-9-20)30-27(35)31-22-12-14-33(17-22)15-13-28-26(34)32-25-16-19(3)29-24-7-5-4-6-23(24)25/h4-11,16,18,22H,12-15,17H2,1-3H3,(H2,30,31,35)(H2,28,29,32,34). The Bertz CT molecular complexity index is 1180. The number of aromatic nitrogens is 1. The van der Waals surface area contributed by atoms with E-state index in [0.717, 1.165) is 54.0 Å². The van der Waals surface area contributed by atoms with Crippen LogP contribution in [0.1, 0.15) is 37.4 Å². The van der Waals surface area contributed by atoms with Crippen LogP contribution in [0.15, 0.2) is 54.6 Å². The molecule has 1 saturated heterocycles. The molecule has 1 fully saturated rings. The summed E-state index contributed by atoms with van der Waals surface area (Å²) in [6, 6.07) is 17.2. The summed E-state index contributed by atoms with van der Waals surface area (Å²) in [5.41, 5.74) is 4.49. The van der Waals surface area contributed by atoms with Crippen LogP contribution in [0.2, 0.25) is 0 Å². The molecule has 0 radical (unpaired) electrons. The highest BCUT2D eigenvalue weighted by atomic mass is 16.2. The minimum Gasteiger partial charge on any atom is -0.337 e. The number of pyridine rings is 1. The van der Waals surface area contributed by atoms with E-state index in [2.05, 4.69) is 45.0 Å². The van der Waals surface area contributed by atoms with Gasteiger partial charge >= 0.3 is 12.1 Å². The molecule has 1 aliphatic heterocycles. The molecule has 1 unspecified atom stereocenters. The highest BCUT2D eigenvalue weighted by Crippen LogP contribution is 2.22. The molecule has 184 valence electrons. The van der Waals surface area contributed by atoms with Crippen molar-refractivity contribution in [3.05, 3.63) is 65.9 Å². The first-order chi connectivity index (χ1) is 16.9. The van der Waals surface area contributed by atoms with Gasteiger partial charge in [0.05, 0.1) is 11.2 Å². The van der Waals surface area contributed by atoms with Crippen molar-refractivity contribution in [3.63, 3.8) is 0 Å². The van der Waals surface area contributed by atoms with E-state index in [4.69, 9.17) is 0 Å². The molecule has 0 aliphatic carbocycles. The Balaban J connectivity index is 1.18. The number of anilines is 2. The van der Waals surface area contributed by atoms with Crippen LogP contribution in [0.5, 0.6) is 0 Å². The van der Waals surface area contributed by atoms with Crippen LogP contribution < -0.4 is 21.3 Å². The highest BCUT2D eigenvalue weighted by Gasteiger charge is 2.23. The van der Waals surface area contributed by atoms with Gasteiger partial charge in [-0.15, -0.1) is 0 Å². The third kappa shape index (κ3) is 6.70. The minimum atomic E-state index is -0.238. The Hall–Kier alpha value is -3.65. The zero-order valence-electron chi connectivity index (χ0n) is 20.6. The monoisotopic (exact) mass is 474 g/mol. The Morgan fingerprint density at radius 1 is 1.06 bits per heavy atom. The van der Waals surface area contributed by atoms with Crippen LogP contribution in [-0.4, -0.2) is 54.2 Å². The molecule has 8 nitrogen and oxygen atoms in total. The summed E-state index contributed by atoms with van der Waals surface area (Å²) in [4.78, 5) is 31.6. The van der Waals surface area contributed by atoms with Crippen molar-refractivity contribution in [3.8, 4) is 0 Å². The van der Waals surface area contributed by atoms with Gasteiger partial charge in [-0.25, -0.2) is 9.59 Å². The number of amides is 4. The SMILES string of the molecule is Cc1cc(NC(=O)NCCN2CCC(NC(=O)Nc3ccc(C(C)C)cc3)C2)c2ccccc2n1. The van der Waals surface area contributed by atoms with Crippen LogP contribution in [0.4, 0.5) is 21.0 Å². The van der Waals surface area contributed by atoms with Gasteiger partial charge < -0.3 is 21.3 Å². The summed E-state index contributed by atoms with van der Waals surface area (Å²) >= 11 is 0. The topological polar surface area (TPSA) is 98.4 Å². The Morgan fingerprint density at radius 3 is 2.60 bits per heavy atom. The number of likely N-dealkylation sites (tertiary alicyclic amines) is 1. The maximum atomic E-state index is 12.5. The molecule has 0 bridgehead atoms. The normalized spacial score (nSPS) is 15.8. The number of fused-ring (bicyclic) bond motifs is 1. The zero-order valence-corrected chi connectivity index (χ0v) is 20.6. The fourth-order valence-corrected chi connectivity index (χ4v) is 4.36. The van der Waals surface area contributed by atoms with E-state index in [-0.39, 0.29) is 18.1 Å². The first kappa shape index (κ1) is 24.5. The van der Waals surface area contributed by atoms with Crippen molar-refractivity contribution in [1.82, 2.24) is 20.5 Å². The first-order valence-electron chi connectivity index (χ1n) is 12.2. The lowest BCUT2D eigenvalue weighted by Gasteiger charge is -2.18. The number of nitrogens with one attached hydrogen (secondary N) is 4. The Morgan fingerprint density at radius 2 is 1.83 bits per heavy atom. The van der Waals surface area contributed by atoms with Crippen molar-refractivity contribution < 1.29 is 9.59 Å². The number of rotatable bonds is 7. The predicted octanol–water partition coefficient (Wildman–Crippen LogP) is 4.68. The molecule has 4 rings (SSSR count). The van der Waals surface area contributed by atoms with Crippen LogP contribution >= 0.6 is 0 Å². The molecule has 35 heavy (non-hydrogen) atoms. The Labute approximate surface area is 206 Å². The van der Waals surface area contributed by atoms with Crippen LogP contribution in [0.25, 0.3) is 10.9 Å². The van der Waals surface area contributed by atoms with Gasteiger partial charge in [0.2, 0.25) is 0 Å². The largest absolute Gasteiger partial charge is 0.337 e. The average Bonchev–Trinajstić information content (AvgIpc) is 3.26. The molecule has 3 aromatic rings. The fourth-order valence-electron chi connectivity index (χ4n) is 4.36. The number of urea groups is 2. The van der Waals surface area contributed by atoms with Gasteiger partial charge in [-0.1, -0.05) is 44.2 Å². The molecule has 2 aromatic carbocycles. The molecule has 0 saturated carbocycles. The van der Waals surface area contributed by atoms with E-state index in [0.29, 0.717) is 12.5 Å². The third-order valence-corrected chi connectivity index (χ3v) is 6.25. The van der Waals surface area contributed by atoms with Gasteiger partial charge in [0, 0.05) is 49.0 Å². The number of benzene rings is 2. The number of hydrogen-bond donors (Lipinski definition) is 4. The van der Waals surface area contributed by atoms with E-state index in [1.807, 2.05) is 61.5 Å². The number of hydrogen-bond acceptors (Lipinski definition) is 4. The third-order valence-electron chi connectivity index (χ3n) is 6.25. The highest BCUT2D eigenvalue weighted by molar-refractivity contribution is 6.00. The van der Waals surface area contributed by atoms with Crippen molar-refractivity contribution in [2.24, 2.45) is 0 Å². The first-order valence-corrected chi connectivity index (χ1v) is 12.2. The summed E-state index contributed by atoms with van der Waals surface area (Å²) in [7, 11) is 0. The summed E-state index contributed by atoms with van der Waals surface area (Å²) in [5.74, 6) is 0.461. The van der Waals surface area contributed by atoms with Crippen LogP contribution in [0.3, 0.4) is 0 Å². The maximum Gasteiger partial charge on any atom is 0.319 e. The number of carbonyl (C=O) groups is 2. The van der Waals surface area contributed by atoms with E-state index in [1.54, 1.807) is 0 Å². The van der Waals surface area contributed by atoms with Crippen molar-refractivity contribution in [2.45, 2.75) is 39.2 Å². The predicted molar refractivity (Wildman–Crippen MR) is 141 cm³/mol. The molecule has 4 amide bonds. The molecule has 2 heterocycles. The number of para-hydroxylation sites is 1. The second-order valence-corrected chi connectivity index (χ2v) is 9.37. The molecule has 1 aliphatic rings. The van der Waals surface area contributed by atoms with Crippen LogP contribution in [0, 0.1) is 6.92 Å². The van der Waals surface area contributed by atoms with E-state index in [1.165, 1.54) is 5.56 Å². The van der Waals surface area contributed by atoms with Gasteiger partial charge in [0.15, 0.2) is 0 Å². The van der Waals surface area contributed by atoms with Crippen molar-refractivity contribution in [1.29, 1.82) is 0 Å². The van der Waals surface area contributed by atoms with Gasteiger partial charge in [-0.2, -0.15) is 0 Å². The smallest absolute Gasteiger partial charge is 0.319 e. The van der Waals surface area contributed by atoms with Gasteiger partial charge in [-0.3, -0.25) is 9.88 Å². The van der Waals surface area contributed by atoms with Gasteiger partial charge in [0.1, 0.15) is 0 Å². The number of carbonyl (C=O) groups excluding carboxylic acids is 2. The molecular weight excluding hydrogens is 440 g/mol. The molecule has 4 N–H and O–H groups in total. The quantitative estimate of drug-likeness (QED) is 0.399. The van der Waals surface area contributed by atoms with Crippen LogP contribution in [-0.2, 0) is 0 Å². The molecule has 1 atom stereocenters. The molecule has 8 heteroatoms. The molecule has 0 spiro atoms. The van der Waals surface area contributed by atoms with E-state index in [9.17, 15) is 9.59 Å². The second-order valence-electron chi connectivity index (χ2n) is 9.37. The molecular formula is C27H34N6O2. The van der Waals surface area contributed by atoms with Gasteiger partial charge in [-0.05, 0) is 49.1 Å². The molecule has 1 aromatic heterocycles. The Kier molecular flexibility index (Phi) is 7.82.